The van der Waals surface area contributed by atoms with Gasteiger partial charge in [-0.15, -0.1) is 0 Å². The van der Waals surface area contributed by atoms with Gasteiger partial charge in [0.05, 0.1) is 4.90 Å². The van der Waals surface area contributed by atoms with Gasteiger partial charge in [-0.1, -0.05) is 17.7 Å². The molecule has 0 radical (unpaired) electrons. The molecular formula is C15H22N2O4S. The number of hydrogen-bond acceptors (Lipinski definition) is 4. The van der Waals surface area contributed by atoms with Crippen LogP contribution in [0, 0.1) is 6.92 Å². The van der Waals surface area contributed by atoms with Crippen LogP contribution in [0.4, 0.5) is 0 Å². The molecule has 22 heavy (non-hydrogen) atoms. The maximum Gasteiger partial charge on any atom is 0.303 e. The van der Waals surface area contributed by atoms with Gasteiger partial charge in [0.15, 0.2) is 0 Å². The summed E-state index contributed by atoms with van der Waals surface area (Å²) in [6.45, 7) is 4.80. The normalized spacial score (nSPS) is 17.5. The number of benzene rings is 1. The molecule has 1 N–H and O–H groups in total. The summed E-state index contributed by atoms with van der Waals surface area (Å²) in [5.74, 6) is -0.791. The number of aliphatic carboxylic acids is 1. The molecular weight excluding hydrogens is 304 g/mol. The van der Waals surface area contributed by atoms with Crippen molar-refractivity contribution in [2.45, 2.75) is 24.7 Å². The van der Waals surface area contributed by atoms with Crippen LogP contribution in [-0.4, -0.2) is 61.4 Å². The Hall–Kier alpha value is -1.44. The maximum atomic E-state index is 12.5. The van der Waals surface area contributed by atoms with E-state index in [2.05, 4.69) is 4.90 Å². The Morgan fingerprint density at radius 1 is 1.14 bits per heavy atom. The van der Waals surface area contributed by atoms with Crippen molar-refractivity contribution in [3.05, 3.63) is 29.8 Å². The minimum atomic E-state index is -3.42. The highest BCUT2D eigenvalue weighted by Gasteiger charge is 2.28. The van der Waals surface area contributed by atoms with E-state index < -0.39 is 16.0 Å². The average Bonchev–Trinajstić information content (AvgIpc) is 2.48. The molecule has 0 amide bonds. The molecule has 1 fully saturated rings. The Morgan fingerprint density at radius 3 is 2.27 bits per heavy atom. The van der Waals surface area contributed by atoms with Crippen LogP contribution in [-0.2, 0) is 14.8 Å². The van der Waals surface area contributed by atoms with Gasteiger partial charge in [-0.3, -0.25) is 4.79 Å². The molecule has 1 aliphatic rings. The van der Waals surface area contributed by atoms with E-state index in [1.807, 2.05) is 6.92 Å². The zero-order valence-corrected chi connectivity index (χ0v) is 13.6. The van der Waals surface area contributed by atoms with E-state index >= 15 is 0 Å². The third kappa shape index (κ3) is 4.28. The van der Waals surface area contributed by atoms with Gasteiger partial charge in [0.1, 0.15) is 0 Å². The molecule has 0 atom stereocenters. The fraction of sp³-hybridized carbons (Fsp3) is 0.533. The van der Waals surface area contributed by atoms with Crippen molar-refractivity contribution < 1.29 is 18.3 Å². The molecule has 0 aliphatic carbocycles. The van der Waals surface area contributed by atoms with Crippen LogP contribution in [0.3, 0.4) is 0 Å². The first-order valence-corrected chi connectivity index (χ1v) is 8.84. The zero-order valence-electron chi connectivity index (χ0n) is 12.7. The minimum absolute atomic E-state index is 0.155. The lowest BCUT2D eigenvalue weighted by Crippen LogP contribution is -2.48. The van der Waals surface area contributed by atoms with Gasteiger partial charge in [-0.05, 0) is 32.0 Å². The summed E-state index contributed by atoms with van der Waals surface area (Å²) in [5.41, 5.74) is 1.03. The summed E-state index contributed by atoms with van der Waals surface area (Å²) in [7, 11) is -3.42. The first kappa shape index (κ1) is 16.9. The average molecular weight is 326 g/mol. The van der Waals surface area contributed by atoms with Crippen LogP contribution >= 0.6 is 0 Å². The van der Waals surface area contributed by atoms with E-state index in [1.54, 1.807) is 24.3 Å². The summed E-state index contributed by atoms with van der Waals surface area (Å²) in [6, 6.07) is 6.89. The van der Waals surface area contributed by atoms with Crippen molar-refractivity contribution in [1.82, 2.24) is 9.21 Å². The Morgan fingerprint density at radius 2 is 1.73 bits per heavy atom. The van der Waals surface area contributed by atoms with Gasteiger partial charge in [-0.2, -0.15) is 4.31 Å². The lowest BCUT2D eigenvalue weighted by Gasteiger charge is -2.33. The topological polar surface area (TPSA) is 77.9 Å². The quantitative estimate of drug-likeness (QED) is 0.849. The molecule has 1 heterocycles. The SMILES string of the molecule is Cc1ccc(S(=O)(=O)N2CCN(CCCC(=O)O)CC2)cc1. The van der Waals surface area contributed by atoms with Gasteiger partial charge < -0.3 is 10.0 Å². The molecule has 6 nitrogen and oxygen atoms in total. The van der Waals surface area contributed by atoms with Crippen molar-refractivity contribution in [2.75, 3.05) is 32.7 Å². The summed E-state index contributed by atoms with van der Waals surface area (Å²) in [4.78, 5) is 12.9. The molecule has 0 unspecified atom stereocenters. The van der Waals surface area contributed by atoms with E-state index in [1.165, 1.54) is 4.31 Å². The van der Waals surface area contributed by atoms with Gasteiger partial charge in [0.25, 0.3) is 0 Å². The number of rotatable bonds is 6. The fourth-order valence-electron chi connectivity index (χ4n) is 2.51. The standard InChI is InChI=1S/C15H22N2O4S/c1-13-4-6-14(7-5-13)22(20,21)17-11-9-16(10-12-17)8-2-3-15(18)19/h4-7H,2-3,8-12H2,1H3,(H,18,19). The van der Waals surface area contributed by atoms with Gasteiger partial charge >= 0.3 is 5.97 Å². The molecule has 1 aliphatic heterocycles. The maximum absolute atomic E-state index is 12.5. The van der Waals surface area contributed by atoms with Crippen LogP contribution in [0.2, 0.25) is 0 Å². The van der Waals surface area contributed by atoms with Crippen LogP contribution in [0.15, 0.2) is 29.2 Å². The first-order chi connectivity index (χ1) is 10.4. The second-order valence-corrected chi connectivity index (χ2v) is 7.49. The summed E-state index contributed by atoms with van der Waals surface area (Å²) in [5, 5.41) is 8.63. The third-order valence-electron chi connectivity index (χ3n) is 3.86. The van der Waals surface area contributed by atoms with E-state index in [0.29, 0.717) is 44.0 Å². The Bertz CT molecular complexity index is 605. The van der Waals surface area contributed by atoms with Crippen molar-refractivity contribution in [2.24, 2.45) is 0 Å². The predicted molar refractivity (Wildman–Crippen MR) is 83.2 cm³/mol. The Labute approximate surface area is 131 Å². The lowest BCUT2D eigenvalue weighted by molar-refractivity contribution is -0.137. The third-order valence-corrected chi connectivity index (χ3v) is 5.77. The summed E-state index contributed by atoms with van der Waals surface area (Å²) < 4.78 is 26.6. The number of hydrogen-bond donors (Lipinski definition) is 1. The van der Waals surface area contributed by atoms with Crippen LogP contribution in [0.25, 0.3) is 0 Å². The highest BCUT2D eigenvalue weighted by Crippen LogP contribution is 2.18. The second kappa shape index (κ2) is 7.21. The number of piperazine rings is 1. The number of nitrogens with zero attached hydrogens (tertiary/aromatic N) is 2. The fourth-order valence-corrected chi connectivity index (χ4v) is 3.93. The van der Waals surface area contributed by atoms with Gasteiger partial charge in [-0.25, -0.2) is 8.42 Å². The molecule has 2 rings (SSSR count). The monoisotopic (exact) mass is 326 g/mol. The molecule has 0 saturated carbocycles. The number of carboxylic acids is 1. The molecule has 0 aromatic heterocycles. The number of carboxylic acid groups (broad SMARTS) is 1. The van der Waals surface area contributed by atoms with Crippen molar-refractivity contribution in [3.8, 4) is 0 Å². The molecule has 1 saturated heterocycles. The molecule has 122 valence electrons. The molecule has 7 heteroatoms. The Balaban J connectivity index is 1.90. The second-order valence-electron chi connectivity index (χ2n) is 5.56. The van der Waals surface area contributed by atoms with Crippen LogP contribution < -0.4 is 0 Å². The van der Waals surface area contributed by atoms with E-state index in [0.717, 1.165) is 5.56 Å². The highest BCUT2D eigenvalue weighted by molar-refractivity contribution is 7.89. The number of carbonyl (C=O) groups is 1. The minimum Gasteiger partial charge on any atom is -0.481 e. The Kier molecular flexibility index (Phi) is 5.55. The zero-order chi connectivity index (χ0) is 16.2. The van der Waals surface area contributed by atoms with Crippen molar-refractivity contribution in [1.29, 1.82) is 0 Å². The predicted octanol–water partition coefficient (Wildman–Crippen LogP) is 1.17. The van der Waals surface area contributed by atoms with Crippen LogP contribution in [0.1, 0.15) is 18.4 Å². The number of sulfonamides is 1. The van der Waals surface area contributed by atoms with Crippen molar-refractivity contribution >= 4 is 16.0 Å². The summed E-state index contributed by atoms with van der Waals surface area (Å²) >= 11 is 0. The van der Waals surface area contributed by atoms with Crippen LogP contribution in [0.5, 0.6) is 0 Å². The van der Waals surface area contributed by atoms with E-state index in [-0.39, 0.29) is 6.42 Å². The molecule has 0 bridgehead atoms. The number of aryl methyl sites for hydroxylation is 1. The van der Waals surface area contributed by atoms with Crippen molar-refractivity contribution in [3.63, 3.8) is 0 Å². The van der Waals surface area contributed by atoms with Gasteiger partial charge in [0.2, 0.25) is 10.0 Å². The smallest absolute Gasteiger partial charge is 0.303 e. The van der Waals surface area contributed by atoms with E-state index in [9.17, 15) is 13.2 Å². The molecule has 1 aromatic carbocycles. The molecule has 0 spiro atoms. The highest BCUT2D eigenvalue weighted by atomic mass is 32.2. The lowest BCUT2D eigenvalue weighted by atomic mass is 10.2. The largest absolute Gasteiger partial charge is 0.481 e. The molecule has 1 aromatic rings. The summed E-state index contributed by atoms with van der Waals surface area (Å²) in [6.07, 6.45) is 0.752. The first-order valence-electron chi connectivity index (χ1n) is 7.40. The van der Waals surface area contributed by atoms with E-state index in [4.69, 9.17) is 5.11 Å². The van der Waals surface area contributed by atoms with Gasteiger partial charge in [0, 0.05) is 32.6 Å².